The van der Waals surface area contributed by atoms with Gasteiger partial charge in [-0.15, -0.1) is 11.3 Å². The first-order valence-electron chi connectivity index (χ1n) is 5.28. The Morgan fingerprint density at radius 2 is 2.17 bits per heavy atom. The molecule has 5 nitrogen and oxygen atoms in total. The van der Waals surface area contributed by atoms with Crippen LogP contribution in [0, 0.1) is 0 Å². The molecule has 18 heavy (non-hydrogen) atoms. The van der Waals surface area contributed by atoms with Crippen LogP contribution in [0.5, 0.6) is 0 Å². The monoisotopic (exact) mass is 264 g/mol. The summed E-state index contributed by atoms with van der Waals surface area (Å²) in [5.41, 5.74) is 0.429. The molecule has 2 heterocycles. The molecule has 1 unspecified atom stereocenters. The van der Waals surface area contributed by atoms with Crippen molar-refractivity contribution >= 4 is 23.2 Å². The molecule has 6 heteroatoms. The van der Waals surface area contributed by atoms with E-state index in [0.717, 1.165) is 0 Å². The number of aryl methyl sites for hydroxylation is 1. The van der Waals surface area contributed by atoms with Gasteiger partial charge in [0, 0.05) is 18.1 Å². The number of rotatable bonds is 4. The molecule has 0 bridgehead atoms. The van der Waals surface area contributed by atoms with Crippen LogP contribution in [0.4, 0.5) is 0 Å². The fourth-order valence-electron chi connectivity index (χ4n) is 1.61. The van der Waals surface area contributed by atoms with E-state index in [4.69, 9.17) is 5.11 Å². The second-order valence-corrected chi connectivity index (χ2v) is 4.74. The van der Waals surface area contributed by atoms with Gasteiger partial charge in [0.2, 0.25) is 0 Å². The molecule has 0 aliphatic carbocycles. The van der Waals surface area contributed by atoms with Crippen molar-refractivity contribution in [3.63, 3.8) is 0 Å². The molecule has 0 aliphatic rings. The van der Waals surface area contributed by atoms with E-state index in [9.17, 15) is 9.59 Å². The van der Waals surface area contributed by atoms with Crippen molar-refractivity contribution in [3.05, 3.63) is 46.4 Å². The van der Waals surface area contributed by atoms with E-state index in [-0.39, 0.29) is 0 Å². The minimum Gasteiger partial charge on any atom is -0.479 e. The molecule has 2 aromatic rings. The number of amides is 1. The first-order chi connectivity index (χ1) is 8.59. The zero-order valence-corrected chi connectivity index (χ0v) is 10.5. The van der Waals surface area contributed by atoms with Gasteiger partial charge in [0.05, 0.1) is 0 Å². The average Bonchev–Trinajstić information content (AvgIpc) is 2.95. The molecule has 0 fully saturated rings. The van der Waals surface area contributed by atoms with Gasteiger partial charge < -0.3 is 15.0 Å². The van der Waals surface area contributed by atoms with Crippen molar-refractivity contribution in [2.24, 2.45) is 7.05 Å². The Balaban J connectivity index is 2.18. The summed E-state index contributed by atoms with van der Waals surface area (Å²) in [7, 11) is 1.73. The number of hydrogen-bond donors (Lipinski definition) is 2. The molecule has 0 saturated heterocycles. The smallest absolute Gasteiger partial charge is 0.331 e. The summed E-state index contributed by atoms with van der Waals surface area (Å²) in [5.74, 6) is -1.47. The molecule has 2 aromatic heterocycles. The highest BCUT2D eigenvalue weighted by Gasteiger charge is 2.24. The molecule has 0 spiro atoms. The molecular weight excluding hydrogens is 252 g/mol. The topological polar surface area (TPSA) is 71.3 Å². The van der Waals surface area contributed by atoms with Gasteiger partial charge in [-0.1, -0.05) is 6.07 Å². The third-order valence-corrected chi connectivity index (χ3v) is 3.46. The van der Waals surface area contributed by atoms with E-state index >= 15 is 0 Å². The average molecular weight is 264 g/mol. The molecule has 0 radical (unpaired) electrons. The van der Waals surface area contributed by atoms with Crippen LogP contribution in [0.2, 0.25) is 0 Å². The quantitative estimate of drug-likeness (QED) is 0.882. The van der Waals surface area contributed by atoms with E-state index in [0.29, 0.717) is 10.6 Å². The number of aromatic nitrogens is 1. The van der Waals surface area contributed by atoms with Crippen molar-refractivity contribution in [2.45, 2.75) is 6.04 Å². The van der Waals surface area contributed by atoms with Crippen LogP contribution in [0.25, 0.3) is 0 Å². The van der Waals surface area contributed by atoms with Gasteiger partial charge in [-0.3, -0.25) is 4.79 Å². The molecule has 1 atom stereocenters. The Hall–Kier alpha value is -2.08. The van der Waals surface area contributed by atoms with Gasteiger partial charge >= 0.3 is 5.97 Å². The molecule has 2 N–H and O–H groups in total. The number of aliphatic carboxylic acids is 1. The first-order valence-corrected chi connectivity index (χ1v) is 6.16. The Morgan fingerprint density at radius 1 is 1.39 bits per heavy atom. The zero-order chi connectivity index (χ0) is 13.1. The fourth-order valence-corrected chi connectivity index (χ4v) is 2.38. The number of carboxylic acids is 1. The van der Waals surface area contributed by atoms with Crippen molar-refractivity contribution in [3.8, 4) is 0 Å². The molecular formula is C12H12N2O3S. The second-order valence-electron chi connectivity index (χ2n) is 3.76. The van der Waals surface area contributed by atoms with Crippen molar-refractivity contribution in [1.29, 1.82) is 0 Å². The number of nitrogens with one attached hydrogen (secondary N) is 1. The molecule has 0 aromatic carbocycles. The van der Waals surface area contributed by atoms with E-state index in [1.165, 1.54) is 11.3 Å². The maximum Gasteiger partial charge on any atom is 0.331 e. The summed E-state index contributed by atoms with van der Waals surface area (Å²) in [6.45, 7) is 0. The summed E-state index contributed by atoms with van der Waals surface area (Å²) in [4.78, 5) is 23.7. The van der Waals surface area contributed by atoms with Crippen molar-refractivity contribution in [2.75, 3.05) is 0 Å². The number of carbonyl (C=O) groups excluding carboxylic acids is 1. The Labute approximate surface area is 108 Å². The molecule has 1 amide bonds. The lowest BCUT2D eigenvalue weighted by atomic mass is 10.2. The largest absolute Gasteiger partial charge is 0.479 e. The summed E-state index contributed by atoms with van der Waals surface area (Å²) >= 11 is 1.30. The molecule has 2 rings (SSSR count). The van der Waals surface area contributed by atoms with Gasteiger partial charge in [0.15, 0.2) is 6.04 Å². The lowest BCUT2D eigenvalue weighted by Gasteiger charge is -2.13. The lowest BCUT2D eigenvalue weighted by molar-refractivity contribution is -0.139. The van der Waals surface area contributed by atoms with Gasteiger partial charge in [-0.05, 0) is 23.6 Å². The third-order valence-electron chi connectivity index (χ3n) is 2.53. The standard InChI is InChI=1S/C12H12N2O3S/c1-14-6-2-4-8(14)11(15)13-10(12(16)17)9-5-3-7-18-9/h2-7,10H,1H3,(H,13,15)(H,16,17). The minimum absolute atomic E-state index is 0.400. The Morgan fingerprint density at radius 3 is 2.67 bits per heavy atom. The maximum absolute atomic E-state index is 11.9. The minimum atomic E-state index is -1.07. The number of carboxylic acid groups (broad SMARTS) is 1. The highest BCUT2D eigenvalue weighted by Crippen LogP contribution is 2.19. The molecule has 0 saturated carbocycles. The van der Waals surface area contributed by atoms with Crippen LogP contribution < -0.4 is 5.32 Å². The van der Waals surface area contributed by atoms with Crippen LogP contribution >= 0.6 is 11.3 Å². The second kappa shape index (κ2) is 5.05. The summed E-state index contributed by atoms with van der Waals surface area (Å²) in [5, 5.41) is 13.4. The van der Waals surface area contributed by atoms with Crippen LogP contribution in [-0.2, 0) is 11.8 Å². The van der Waals surface area contributed by atoms with Crippen LogP contribution in [0.15, 0.2) is 35.8 Å². The first kappa shape index (κ1) is 12.4. The van der Waals surface area contributed by atoms with Gasteiger partial charge in [-0.25, -0.2) is 4.79 Å². The predicted molar refractivity (Wildman–Crippen MR) is 67.6 cm³/mol. The van der Waals surface area contributed by atoms with Gasteiger partial charge in [0.25, 0.3) is 5.91 Å². The normalized spacial score (nSPS) is 12.1. The van der Waals surface area contributed by atoms with Gasteiger partial charge in [-0.2, -0.15) is 0 Å². The molecule has 94 valence electrons. The van der Waals surface area contributed by atoms with Crippen LogP contribution in [0.1, 0.15) is 21.4 Å². The predicted octanol–water partition coefficient (Wildman–Crippen LogP) is 1.64. The summed E-state index contributed by atoms with van der Waals surface area (Å²) in [6.07, 6.45) is 1.73. The van der Waals surface area contributed by atoms with Crippen LogP contribution in [0.3, 0.4) is 0 Å². The Bertz CT molecular complexity index is 560. The van der Waals surface area contributed by atoms with E-state index in [1.807, 2.05) is 0 Å². The number of nitrogens with zero attached hydrogens (tertiary/aromatic N) is 1. The number of carbonyl (C=O) groups is 2. The van der Waals surface area contributed by atoms with E-state index < -0.39 is 17.9 Å². The fraction of sp³-hybridized carbons (Fsp3) is 0.167. The van der Waals surface area contributed by atoms with E-state index in [2.05, 4.69) is 5.32 Å². The summed E-state index contributed by atoms with van der Waals surface area (Å²) in [6, 6.07) is 5.81. The number of hydrogen-bond acceptors (Lipinski definition) is 3. The summed E-state index contributed by atoms with van der Waals surface area (Å²) < 4.78 is 1.64. The van der Waals surface area contributed by atoms with Crippen LogP contribution in [-0.4, -0.2) is 21.6 Å². The lowest BCUT2D eigenvalue weighted by Crippen LogP contribution is -2.34. The zero-order valence-electron chi connectivity index (χ0n) is 9.66. The van der Waals surface area contributed by atoms with Crippen molar-refractivity contribution in [1.82, 2.24) is 9.88 Å². The molecule has 0 aliphatic heterocycles. The van der Waals surface area contributed by atoms with Gasteiger partial charge in [0.1, 0.15) is 5.69 Å². The maximum atomic E-state index is 11.9. The highest BCUT2D eigenvalue weighted by molar-refractivity contribution is 7.10. The highest BCUT2D eigenvalue weighted by atomic mass is 32.1. The SMILES string of the molecule is Cn1cccc1C(=O)NC(C(=O)O)c1cccs1. The Kier molecular flexibility index (Phi) is 3.47. The number of thiophene rings is 1. The third kappa shape index (κ3) is 2.43. The van der Waals surface area contributed by atoms with Crippen molar-refractivity contribution < 1.29 is 14.7 Å². The van der Waals surface area contributed by atoms with E-state index in [1.54, 1.807) is 47.5 Å².